The summed E-state index contributed by atoms with van der Waals surface area (Å²) in [5, 5.41) is 2.80. The summed E-state index contributed by atoms with van der Waals surface area (Å²) in [4.78, 5) is 39.5. The molecule has 2 aliphatic heterocycles. The predicted octanol–water partition coefficient (Wildman–Crippen LogP) is 3.53. The van der Waals surface area contributed by atoms with Crippen LogP contribution in [0.15, 0.2) is 12.4 Å². The molecule has 0 spiro atoms. The van der Waals surface area contributed by atoms with Crippen LogP contribution >= 0.6 is 0 Å². The number of carbonyl (C=O) groups excluding carboxylic acids is 2. The monoisotopic (exact) mass is 545 g/mol. The van der Waals surface area contributed by atoms with E-state index < -0.39 is 36.1 Å². The number of nitrogens with one attached hydrogen (secondary N) is 1. The number of carbonyl (C=O) groups is 2. The Kier molecular flexibility index (Phi) is 9.27. The first-order chi connectivity index (χ1) is 17.9. The summed E-state index contributed by atoms with van der Waals surface area (Å²) in [5.74, 6) is 0.426. The standard InChI is InChI=1S/C28H48BN5O5/c1-18(2)22(32-25(36)37-26(5,6)7)23(35)33-14-12-13-21(17-33)34(19(3)4)24-30-15-20(16-31-24)29-38-27(8,9)28(10,11)39-29/h15-16,18-19,21-22H,12-14,17H2,1-11H3,(H,32,36)/t21-,22?/m1/s1. The zero-order valence-electron chi connectivity index (χ0n) is 25.7. The summed E-state index contributed by atoms with van der Waals surface area (Å²) in [7, 11) is -0.523. The molecular formula is C28H48BN5O5. The van der Waals surface area contributed by atoms with E-state index in [2.05, 4.69) is 24.1 Å². The molecule has 0 saturated carbocycles. The molecule has 2 atom stereocenters. The Morgan fingerprint density at radius 3 is 2.15 bits per heavy atom. The van der Waals surface area contributed by atoms with Crippen LogP contribution in [0.3, 0.4) is 0 Å². The maximum absolute atomic E-state index is 13.6. The van der Waals surface area contributed by atoms with E-state index in [-0.39, 0.29) is 23.9 Å². The molecule has 1 unspecified atom stereocenters. The van der Waals surface area contributed by atoms with Crippen molar-refractivity contribution >= 4 is 30.5 Å². The van der Waals surface area contributed by atoms with Crippen LogP contribution < -0.4 is 15.7 Å². The van der Waals surface area contributed by atoms with E-state index in [9.17, 15) is 9.59 Å². The largest absolute Gasteiger partial charge is 0.498 e. The van der Waals surface area contributed by atoms with Gasteiger partial charge in [-0.15, -0.1) is 0 Å². The van der Waals surface area contributed by atoms with Gasteiger partial charge in [0.25, 0.3) is 0 Å². The third-order valence-electron chi connectivity index (χ3n) is 7.68. The van der Waals surface area contributed by atoms with E-state index in [4.69, 9.17) is 24.0 Å². The van der Waals surface area contributed by atoms with Crippen molar-refractivity contribution in [1.82, 2.24) is 20.2 Å². The number of amides is 2. The van der Waals surface area contributed by atoms with Gasteiger partial charge in [-0.25, -0.2) is 14.8 Å². The quantitative estimate of drug-likeness (QED) is 0.519. The molecule has 2 aliphatic rings. The number of alkyl carbamates (subject to hydrolysis) is 1. The molecule has 1 aromatic heterocycles. The summed E-state index contributed by atoms with van der Waals surface area (Å²) in [6, 6.07) is -0.505. The summed E-state index contributed by atoms with van der Waals surface area (Å²) in [5.41, 5.74) is -0.745. The van der Waals surface area contributed by atoms with Gasteiger partial charge in [0.05, 0.1) is 11.2 Å². The number of piperidine rings is 1. The highest BCUT2D eigenvalue weighted by atomic mass is 16.7. The fourth-order valence-corrected chi connectivity index (χ4v) is 4.91. The van der Waals surface area contributed by atoms with Gasteiger partial charge in [-0.2, -0.15) is 0 Å². The lowest BCUT2D eigenvalue weighted by Gasteiger charge is -2.42. The van der Waals surface area contributed by atoms with Crippen molar-refractivity contribution in [2.24, 2.45) is 5.92 Å². The van der Waals surface area contributed by atoms with E-state index in [1.807, 2.05) is 46.4 Å². The summed E-state index contributed by atoms with van der Waals surface area (Å²) in [6.45, 7) is 22.7. The van der Waals surface area contributed by atoms with Crippen molar-refractivity contribution in [3.63, 3.8) is 0 Å². The van der Waals surface area contributed by atoms with Crippen LogP contribution in [0, 0.1) is 5.92 Å². The Labute approximate surface area is 234 Å². The SMILES string of the molecule is CC(C)C(NC(=O)OC(C)(C)C)C(=O)N1CCC[C@@H](N(c2ncc(B3OC(C)(C)C(C)(C)O3)cn2)C(C)C)C1. The van der Waals surface area contributed by atoms with Crippen molar-refractivity contribution in [2.45, 2.75) is 124 Å². The van der Waals surface area contributed by atoms with E-state index >= 15 is 0 Å². The first kappa shape index (κ1) is 31.1. The minimum absolute atomic E-state index is 0.0414. The van der Waals surface area contributed by atoms with Gasteiger partial charge in [0.1, 0.15) is 11.6 Å². The van der Waals surface area contributed by atoms with Crippen LogP contribution in [-0.2, 0) is 18.8 Å². The van der Waals surface area contributed by atoms with Crippen LogP contribution in [0.1, 0.15) is 89.0 Å². The molecule has 1 N–H and O–H groups in total. The first-order valence-corrected chi connectivity index (χ1v) is 14.2. The lowest BCUT2D eigenvalue weighted by molar-refractivity contribution is -0.135. The van der Waals surface area contributed by atoms with E-state index in [0.717, 1.165) is 18.3 Å². The van der Waals surface area contributed by atoms with Crippen molar-refractivity contribution in [3.05, 3.63) is 12.4 Å². The third-order valence-corrected chi connectivity index (χ3v) is 7.68. The third kappa shape index (κ3) is 7.42. The molecule has 3 rings (SSSR count). The van der Waals surface area contributed by atoms with Gasteiger partial charge >= 0.3 is 13.2 Å². The fourth-order valence-electron chi connectivity index (χ4n) is 4.91. The number of hydrogen-bond donors (Lipinski definition) is 1. The molecule has 3 heterocycles. The molecule has 10 nitrogen and oxygen atoms in total. The molecule has 1 aromatic rings. The molecule has 0 aromatic carbocycles. The molecule has 2 saturated heterocycles. The predicted molar refractivity (Wildman–Crippen MR) is 153 cm³/mol. The molecule has 2 amide bonds. The smallest absolute Gasteiger partial charge is 0.444 e. The van der Waals surface area contributed by atoms with Crippen molar-refractivity contribution in [1.29, 1.82) is 0 Å². The molecule has 218 valence electrons. The van der Waals surface area contributed by atoms with Crippen molar-refractivity contribution in [3.8, 4) is 0 Å². The number of likely N-dealkylation sites (tertiary alicyclic amines) is 1. The van der Waals surface area contributed by atoms with E-state index in [1.54, 1.807) is 33.2 Å². The maximum Gasteiger partial charge on any atom is 0.498 e. The van der Waals surface area contributed by atoms with Crippen molar-refractivity contribution in [2.75, 3.05) is 18.0 Å². The van der Waals surface area contributed by atoms with Gasteiger partial charge in [0, 0.05) is 43.0 Å². The lowest BCUT2D eigenvalue weighted by atomic mass is 9.81. The molecule has 2 fully saturated rings. The van der Waals surface area contributed by atoms with Gasteiger partial charge in [-0.3, -0.25) is 4.79 Å². The Bertz CT molecular complexity index is 993. The summed E-state index contributed by atoms with van der Waals surface area (Å²) >= 11 is 0. The summed E-state index contributed by atoms with van der Waals surface area (Å²) in [6.07, 6.45) is 4.72. The Morgan fingerprint density at radius 2 is 1.67 bits per heavy atom. The van der Waals surface area contributed by atoms with E-state index in [1.165, 1.54) is 0 Å². The number of aromatic nitrogens is 2. The number of ether oxygens (including phenoxy) is 1. The second-order valence-electron chi connectivity index (χ2n) is 13.4. The number of rotatable bonds is 7. The number of anilines is 1. The first-order valence-electron chi connectivity index (χ1n) is 14.2. The molecule has 39 heavy (non-hydrogen) atoms. The molecule has 0 bridgehead atoms. The van der Waals surface area contributed by atoms with E-state index in [0.29, 0.717) is 19.0 Å². The average Bonchev–Trinajstić information content (AvgIpc) is 3.03. The second kappa shape index (κ2) is 11.6. The fraction of sp³-hybridized carbons (Fsp3) is 0.786. The topological polar surface area (TPSA) is 106 Å². The molecule has 0 aliphatic carbocycles. The van der Waals surface area contributed by atoms with Crippen LogP contribution in [0.2, 0.25) is 0 Å². The van der Waals surface area contributed by atoms with Crippen LogP contribution in [-0.4, -0.2) is 82.0 Å². The molecular weight excluding hydrogens is 497 g/mol. The van der Waals surface area contributed by atoms with Gasteiger partial charge in [-0.1, -0.05) is 13.8 Å². The van der Waals surface area contributed by atoms with Gasteiger partial charge in [-0.05, 0) is 81.1 Å². The number of hydrogen-bond acceptors (Lipinski definition) is 8. The zero-order chi connectivity index (χ0) is 29.3. The number of nitrogens with zero attached hydrogens (tertiary/aromatic N) is 4. The van der Waals surface area contributed by atoms with Crippen LogP contribution in [0.25, 0.3) is 0 Å². The highest BCUT2D eigenvalue weighted by Gasteiger charge is 2.52. The maximum atomic E-state index is 13.6. The zero-order valence-corrected chi connectivity index (χ0v) is 25.7. The van der Waals surface area contributed by atoms with Gasteiger partial charge in [0.2, 0.25) is 11.9 Å². The van der Waals surface area contributed by atoms with Crippen LogP contribution in [0.4, 0.5) is 10.7 Å². The lowest BCUT2D eigenvalue weighted by Crippen LogP contribution is -2.58. The minimum Gasteiger partial charge on any atom is -0.444 e. The Balaban J connectivity index is 1.73. The average molecular weight is 546 g/mol. The van der Waals surface area contributed by atoms with Crippen LogP contribution in [0.5, 0.6) is 0 Å². The van der Waals surface area contributed by atoms with Gasteiger partial charge in [0.15, 0.2) is 0 Å². The Hall–Kier alpha value is -2.40. The molecule has 0 radical (unpaired) electrons. The normalized spacial score (nSPS) is 21.7. The second-order valence-corrected chi connectivity index (χ2v) is 13.4. The molecule has 11 heteroatoms. The van der Waals surface area contributed by atoms with Gasteiger partial charge < -0.3 is 29.2 Å². The Morgan fingerprint density at radius 1 is 1.10 bits per heavy atom. The highest BCUT2D eigenvalue weighted by Crippen LogP contribution is 2.36. The summed E-state index contributed by atoms with van der Waals surface area (Å²) < 4.78 is 17.7. The highest BCUT2D eigenvalue weighted by molar-refractivity contribution is 6.61. The van der Waals surface area contributed by atoms with Crippen molar-refractivity contribution < 1.29 is 23.6 Å². The minimum atomic E-state index is -0.665.